The van der Waals surface area contributed by atoms with Crippen molar-refractivity contribution in [2.45, 2.75) is 18.4 Å². The molecule has 1 aromatic heterocycles. The van der Waals surface area contributed by atoms with E-state index in [1.165, 1.54) is 0 Å². The van der Waals surface area contributed by atoms with Gasteiger partial charge in [-0.25, -0.2) is 13.8 Å². The van der Waals surface area contributed by atoms with Gasteiger partial charge in [-0.3, -0.25) is 10.1 Å². The van der Waals surface area contributed by atoms with Crippen molar-refractivity contribution in [2.75, 3.05) is 25.1 Å². The summed E-state index contributed by atoms with van der Waals surface area (Å²) >= 11 is 0. The van der Waals surface area contributed by atoms with Gasteiger partial charge in [-0.05, 0) is 30.3 Å². The highest BCUT2D eigenvalue weighted by Crippen LogP contribution is 2.34. The average molecular weight is 434 g/mol. The molecule has 0 radical (unpaired) electrons. The van der Waals surface area contributed by atoms with Crippen LogP contribution in [0, 0.1) is 0 Å². The lowest BCUT2D eigenvalue weighted by atomic mass is 10.1. The highest BCUT2D eigenvalue weighted by atomic mass is 35.5. The molecule has 1 amide bonds. The first-order valence-corrected chi connectivity index (χ1v) is 8.29. The van der Waals surface area contributed by atoms with Crippen LogP contribution in [0.5, 0.6) is 11.5 Å². The van der Waals surface area contributed by atoms with Gasteiger partial charge in [-0.15, -0.1) is 24.8 Å². The number of alkyl halides is 2. The largest absolute Gasteiger partial charge is 0.486 e. The number of hydrogen-bond donors (Lipinski definition) is 2. The number of carbonyl (C=O) groups is 1. The number of rotatable bonds is 3. The number of carbonyl (C=O) groups excluding carboxylic acids is 1. The topological polar surface area (TPSA) is 72.5 Å². The molecule has 2 aliphatic heterocycles. The second-order valence-electron chi connectivity index (χ2n) is 6.25. The molecule has 4 rings (SSSR count). The number of nitrogens with one attached hydrogen (secondary N) is 2. The minimum absolute atomic E-state index is 0. The fourth-order valence-electron chi connectivity index (χ4n) is 2.98. The van der Waals surface area contributed by atoms with E-state index in [-0.39, 0.29) is 24.8 Å². The summed E-state index contributed by atoms with van der Waals surface area (Å²) in [4.78, 5) is 16.6. The molecule has 1 unspecified atom stereocenters. The summed E-state index contributed by atoms with van der Waals surface area (Å²) in [6, 6.07) is 9.70. The lowest BCUT2D eigenvalue weighted by Crippen LogP contribution is -2.35. The standard InChI is InChI=1S/C18H17F2N3O3.2ClH/c19-18(20)9-13(21-10-18)17(24)23-16-3-1-2-12(22-16)11-4-5-14-15(8-11)26-7-6-25-14;;/h1-5,8,13,21H,6-7,9-10H2,(H,22,23,24);2*1H. The number of anilines is 1. The van der Waals surface area contributed by atoms with E-state index in [4.69, 9.17) is 9.47 Å². The summed E-state index contributed by atoms with van der Waals surface area (Å²) in [5.74, 6) is -1.75. The fraction of sp³-hybridized carbons (Fsp3) is 0.333. The molecule has 0 aliphatic carbocycles. The number of halogens is 4. The number of amides is 1. The lowest BCUT2D eigenvalue weighted by molar-refractivity contribution is -0.118. The van der Waals surface area contributed by atoms with Crippen molar-refractivity contribution in [3.8, 4) is 22.8 Å². The van der Waals surface area contributed by atoms with E-state index in [1.807, 2.05) is 12.1 Å². The Balaban J connectivity index is 0.00000140. The summed E-state index contributed by atoms with van der Waals surface area (Å²) in [5, 5.41) is 5.12. The van der Waals surface area contributed by atoms with Crippen LogP contribution < -0.4 is 20.1 Å². The van der Waals surface area contributed by atoms with E-state index < -0.39 is 30.8 Å². The molecule has 28 heavy (non-hydrogen) atoms. The molecule has 2 aliphatic rings. The second kappa shape index (κ2) is 8.89. The molecular formula is C18H19Cl2F2N3O3. The molecular weight excluding hydrogens is 415 g/mol. The van der Waals surface area contributed by atoms with Gasteiger partial charge >= 0.3 is 0 Å². The molecule has 1 atom stereocenters. The van der Waals surface area contributed by atoms with E-state index >= 15 is 0 Å². The SMILES string of the molecule is Cl.Cl.O=C(Nc1cccc(-c2ccc3c(c2)OCCO3)n1)C1CC(F)(F)CN1. The van der Waals surface area contributed by atoms with Crippen molar-refractivity contribution < 1.29 is 23.0 Å². The first-order valence-electron chi connectivity index (χ1n) is 8.29. The van der Waals surface area contributed by atoms with Crippen LogP contribution in [-0.2, 0) is 4.79 Å². The summed E-state index contributed by atoms with van der Waals surface area (Å²) in [6.07, 6.45) is -0.513. The zero-order valence-electron chi connectivity index (χ0n) is 14.6. The van der Waals surface area contributed by atoms with Crippen molar-refractivity contribution in [1.82, 2.24) is 10.3 Å². The first kappa shape index (κ1) is 22.1. The Morgan fingerprint density at radius 1 is 1.14 bits per heavy atom. The molecule has 1 aromatic carbocycles. The van der Waals surface area contributed by atoms with Gasteiger partial charge < -0.3 is 14.8 Å². The zero-order valence-corrected chi connectivity index (χ0v) is 16.2. The number of pyridine rings is 1. The maximum Gasteiger partial charge on any atom is 0.262 e. The lowest BCUT2D eigenvalue weighted by Gasteiger charge is -2.19. The number of benzene rings is 1. The van der Waals surface area contributed by atoms with Gasteiger partial charge in [-0.2, -0.15) is 0 Å². The van der Waals surface area contributed by atoms with Crippen molar-refractivity contribution in [3.05, 3.63) is 36.4 Å². The molecule has 1 saturated heterocycles. The molecule has 0 bridgehead atoms. The molecule has 2 aromatic rings. The number of aromatic nitrogens is 1. The van der Waals surface area contributed by atoms with Crippen LogP contribution in [0.25, 0.3) is 11.3 Å². The molecule has 0 spiro atoms. The van der Waals surface area contributed by atoms with Crippen molar-refractivity contribution >= 4 is 36.5 Å². The van der Waals surface area contributed by atoms with E-state index in [0.717, 1.165) is 5.56 Å². The molecule has 0 saturated carbocycles. The Morgan fingerprint density at radius 2 is 1.89 bits per heavy atom. The van der Waals surface area contributed by atoms with Gasteiger partial charge in [0, 0.05) is 12.0 Å². The van der Waals surface area contributed by atoms with Crippen molar-refractivity contribution in [2.24, 2.45) is 0 Å². The van der Waals surface area contributed by atoms with Crippen molar-refractivity contribution in [3.63, 3.8) is 0 Å². The monoisotopic (exact) mass is 433 g/mol. The summed E-state index contributed by atoms with van der Waals surface area (Å²) in [5.41, 5.74) is 1.43. The highest BCUT2D eigenvalue weighted by molar-refractivity contribution is 5.94. The van der Waals surface area contributed by atoms with E-state index in [2.05, 4.69) is 15.6 Å². The normalized spacial score (nSPS) is 19.1. The fourth-order valence-corrected chi connectivity index (χ4v) is 2.98. The van der Waals surface area contributed by atoms with Gasteiger partial charge in [0.15, 0.2) is 11.5 Å². The molecule has 3 heterocycles. The molecule has 6 nitrogen and oxygen atoms in total. The average Bonchev–Trinajstić information content (AvgIpc) is 3.01. The first-order chi connectivity index (χ1) is 12.5. The quantitative estimate of drug-likeness (QED) is 0.776. The minimum atomic E-state index is -2.86. The summed E-state index contributed by atoms with van der Waals surface area (Å²) in [6.45, 7) is 0.509. The van der Waals surface area contributed by atoms with Gasteiger partial charge in [0.2, 0.25) is 5.91 Å². The maximum absolute atomic E-state index is 13.2. The smallest absolute Gasteiger partial charge is 0.262 e. The third kappa shape index (κ3) is 4.81. The summed E-state index contributed by atoms with van der Waals surface area (Å²) in [7, 11) is 0. The Hall–Kier alpha value is -2.16. The Morgan fingerprint density at radius 3 is 2.61 bits per heavy atom. The van der Waals surface area contributed by atoms with Crippen LogP contribution in [-0.4, -0.2) is 42.6 Å². The van der Waals surface area contributed by atoms with E-state index in [0.29, 0.717) is 36.2 Å². The predicted octanol–water partition coefficient (Wildman–Crippen LogP) is 3.30. The molecule has 10 heteroatoms. The van der Waals surface area contributed by atoms with Crippen LogP contribution in [0.15, 0.2) is 36.4 Å². The second-order valence-corrected chi connectivity index (χ2v) is 6.25. The van der Waals surface area contributed by atoms with Crippen LogP contribution in [0.2, 0.25) is 0 Å². The third-order valence-electron chi connectivity index (χ3n) is 4.26. The van der Waals surface area contributed by atoms with Gasteiger partial charge in [-0.1, -0.05) is 6.07 Å². The molecule has 2 N–H and O–H groups in total. The van der Waals surface area contributed by atoms with Crippen LogP contribution in [0.4, 0.5) is 14.6 Å². The Kier molecular flexibility index (Phi) is 7.03. The predicted molar refractivity (Wildman–Crippen MR) is 105 cm³/mol. The number of hydrogen-bond acceptors (Lipinski definition) is 5. The molecule has 1 fully saturated rings. The van der Waals surface area contributed by atoms with Gasteiger partial charge in [0.05, 0.1) is 18.3 Å². The van der Waals surface area contributed by atoms with Crippen LogP contribution in [0.3, 0.4) is 0 Å². The van der Waals surface area contributed by atoms with E-state index in [1.54, 1.807) is 24.3 Å². The van der Waals surface area contributed by atoms with Crippen molar-refractivity contribution in [1.29, 1.82) is 0 Å². The highest BCUT2D eigenvalue weighted by Gasteiger charge is 2.42. The minimum Gasteiger partial charge on any atom is -0.486 e. The third-order valence-corrected chi connectivity index (χ3v) is 4.26. The number of nitrogens with zero attached hydrogens (tertiary/aromatic N) is 1. The number of fused-ring (bicyclic) bond motifs is 1. The summed E-state index contributed by atoms with van der Waals surface area (Å²) < 4.78 is 37.5. The van der Waals surface area contributed by atoms with Crippen LogP contribution in [0.1, 0.15) is 6.42 Å². The number of ether oxygens (including phenoxy) is 2. The Labute approximate surface area is 172 Å². The van der Waals surface area contributed by atoms with Gasteiger partial charge in [0.1, 0.15) is 19.0 Å². The van der Waals surface area contributed by atoms with Crippen LogP contribution >= 0.6 is 24.8 Å². The Bertz CT molecular complexity index is 855. The zero-order chi connectivity index (χ0) is 18.1. The maximum atomic E-state index is 13.2. The van der Waals surface area contributed by atoms with E-state index in [9.17, 15) is 13.6 Å². The van der Waals surface area contributed by atoms with Gasteiger partial charge in [0.25, 0.3) is 5.92 Å². The molecule has 152 valence electrons.